The first kappa shape index (κ1) is 14.7. The van der Waals surface area contributed by atoms with E-state index in [0.717, 1.165) is 0 Å². The van der Waals surface area contributed by atoms with Crippen LogP contribution in [0.3, 0.4) is 0 Å². The van der Waals surface area contributed by atoms with Gasteiger partial charge in [-0.1, -0.05) is 36.4 Å². The predicted octanol–water partition coefficient (Wildman–Crippen LogP) is 2.21. The second kappa shape index (κ2) is 7.81. The minimum Gasteiger partial charge on any atom is -0.425 e. The number of hydrogen-bond donors (Lipinski definition) is 0. The van der Waals surface area contributed by atoms with E-state index in [-0.39, 0.29) is 13.2 Å². The topological polar surface area (TPSA) is 61.8 Å². The minimum atomic E-state index is -0.575. The van der Waals surface area contributed by atoms with Gasteiger partial charge in [0.2, 0.25) is 0 Å². The van der Waals surface area contributed by atoms with Crippen LogP contribution in [0.15, 0.2) is 60.7 Å². The molecule has 0 unspecified atom stereocenters. The molecule has 0 bridgehead atoms. The highest BCUT2D eigenvalue weighted by molar-refractivity contribution is 5.76. The molecule has 0 saturated heterocycles. The molecule has 5 heteroatoms. The first-order valence-corrected chi connectivity index (χ1v) is 6.33. The van der Waals surface area contributed by atoms with Gasteiger partial charge >= 0.3 is 11.9 Å². The molecule has 0 aliphatic carbocycles. The summed E-state index contributed by atoms with van der Waals surface area (Å²) in [7, 11) is 0. The maximum atomic E-state index is 11.5. The van der Waals surface area contributed by atoms with Crippen LogP contribution in [0.1, 0.15) is 0 Å². The number of hydrogen-bond acceptors (Lipinski definition) is 5. The molecule has 0 aliphatic heterocycles. The molecule has 108 valence electrons. The molecule has 0 fully saturated rings. The largest absolute Gasteiger partial charge is 0.425 e. The highest BCUT2D eigenvalue weighted by Crippen LogP contribution is 2.09. The lowest BCUT2D eigenvalue weighted by Crippen LogP contribution is -2.21. The number of esters is 2. The van der Waals surface area contributed by atoms with Gasteiger partial charge in [0.05, 0.1) is 0 Å². The van der Waals surface area contributed by atoms with E-state index in [9.17, 15) is 9.59 Å². The van der Waals surface area contributed by atoms with Crippen molar-refractivity contribution in [3.05, 3.63) is 60.7 Å². The van der Waals surface area contributed by atoms with Crippen molar-refractivity contribution in [1.82, 2.24) is 0 Å². The summed E-state index contributed by atoms with van der Waals surface area (Å²) >= 11 is 0. The second-order valence-electron chi connectivity index (χ2n) is 4.07. The van der Waals surface area contributed by atoms with Gasteiger partial charge in [-0.15, -0.1) is 0 Å². The maximum absolute atomic E-state index is 11.5. The van der Waals surface area contributed by atoms with E-state index in [1.54, 1.807) is 48.5 Å². The van der Waals surface area contributed by atoms with E-state index in [1.807, 2.05) is 12.1 Å². The van der Waals surface area contributed by atoms with E-state index in [0.29, 0.717) is 11.5 Å². The number of para-hydroxylation sites is 2. The summed E-state index contributed by atoms with van der Waals surface area (Å²) in [6, 6.07) is 17.2. The zero-order valence-corrected chi connectivity index (χ0v) is 11.2. The second-order valence-corrected chi connectivity index (χ2v) is 4.07. The normalized spacial score (nSPS) is 9.90. The van der Waals surface area contributed by atoms with Crippen LogP contribution in [0.5, 0.6) is 11.5 Å². The van der Waals surface area contributed by atoms with Gasteiger partial charge in [0.1, 0.15) is 24.7 Å². The third-order valence-electron chi connectivity index (χ3n) is 2.39. The predicted molar refractivity (Wildman–Crippen MR) is 75.0 cm³/mol. The first-order valence-electron chi connectivity index (χ1n) is 6.33. The van der Waals surface area contributed by atoms with Crippen molar-refractivity contribution in [1.29, 1.82) is 0 Å². The summed E-state index contributed by atoms with van der Waals surface area (Å²) in [5, 5.41) is 0. The van der Waals surface area contributed by atoms with Crippen molar-refractivity contribution >= 4 is 11.9 Å². The molecule has 0 spiro atoms. The molecule has 21 heavy (non-hydrogen) atoms. The van der Waals surface area contributed by atoms with E-state index in [2.05, 4.69) is 0 Å². The molecule has 5 nitrogen and oxygen atoms in total. The third kappa shape index (κ3) is 5.46. The van der Waals surface area contributed by atoms with Crippen LogP contribution in [0.25, 0.3) is 0 Å². The number of carbonyl (C=O) groups is 2. The Bertz CT molecular complexity index is 527. The van der Waals surface area contributed by atoms with Gasteiger partial charge in [-0.2, -0.15) is 0 Å². The summed E-state index contributed by atoms with van der Waals surface area (Å²) in [5.41, 5.74) is 0. The fourth-order valence-electron chi connectivity index (χ4n) is 1.52. The summed E-state index contributed by atoms with van der Waals surface area (Å²) in [5.74, 6) is -0.293. The molecule has 0 amide bonds. The molecule has 2 aromatic rings. The Morgan fingerprint density at radius 2 is 1.05 bits per heavy atom. The smallest absolute Gasteiger partial charge is 0.337 e. The number of ether oxygens (including phenoxy) is 3. The monoisotopic (exact) mass is 286 g/mol. The number of rotatable bonds is 6. The van der Waals surface area contributed by atoms with Gasteiger partial charge in [0.25, 0.3) is 0 Å². The standard InChI is InChI=1S/C16H14O5/c17-15(20-13-7-3-1-4-8-13)11-19-12-16(18)21-14-9-5-2-6-10-14/h1-10H,11-12H2. The van der Waals surface area contributed by atoms with Crippen LogP contribution in [0, 0.1) is 0 Å². The minimum absolute atomic E-state index is 0.321. The van der Waals surface area contributed by atoms with Crippen molar-refractivity contribution in [3.63, 3.8) is 0 Å². The van der Waals surface area contributed by atoms with Gasteiger partial charge in [-0.25, -0.2) is 9.59 Å². The molecule has 0 saturated carbocycles. The summed E-state index contributed by atoms with van der Waals surface area (Å²) in [6.07, 6.45) is 0. The average molecular weight is 286 g/mol. The zero-order valence-electron chi connectivity index (χ0n) is 11.2. The highest BCUT2D eigenvalue weighted by Gasteiger charge is 2.09. The van der Waals surface area contributed by atoms with Gasteiger partial charge in [0.15, 0.2) is 0 Å². The van der Waals surface area contributed by atoms with Gasteiger partial charge < -0.3 is 14.2 Å². The first-order chi connectivity index (χ1) is 10.2. The molecule has 0 aromatic heterocycles. The quantitative estimate of drug-likeness (QED) is 0.602. The van der Waals surface area contributed by atoms with Crippen molar-refractivity contribution in [3.8, 4) is 11.5 Å². The third-order valence-corrected chi connectivity index (χ3v) is 2.39. The molecule has 0 heterocycles. The van der Waals surface area contributed by atoms with E-state index in [4.69, 9.17) is 14.2 Å². The van der Waals surface area contributed by atoms with Crippen LogP contribution >= 0.6 is 0 Å². The van der Waals surface area contributed by atoms with Crippen molar-refractivity contribution in [2.75, 3.05) is 13.2 Å². The Balaban J connectivity index is 1.67. The zero-order chi connectivity index (χ0) is 14.9. The Hall–Kier alpha value is -2.66. The van der Waals surface area contributed by atoms with Crippen LogP contribution < -0.4 is 9.47 Å². The molecule has 0 aliphatic rings. The van der Waals surface area contributed by atoms with Crippen LogP contribution in [0.2, 0.25) is 0 Å². The fourth-order valence-corrected chi connectivity index (χ4v) is 1.52. The molecule has 0 N–H and O–H groups in total. The molecular formula is C16H14O5. The van der Waals surface area contributed by atoms with Crippen molar-refractivity contribution in [2.24, 2.45) is 0 Å². The van der Waals surface area contributed by atoms with Crippen molar-refractivity contribution in [2.45, 2.75) is 0 Å². The van der Waals surface area contributed by atoms with Gasteiger partial charge in [-0.3, -0.25) is 0 Å². The van der Waals surface area contributed by atoms with Crippen LogP contribution in [-0.2, 0) is 14.3 Å². The fraction of sp³-hybridized carbons (Fsp3) is 0.125. The van der Waals surface area contributed by atoms with Crippen molar-refractivity contribution < 1.29 is 23.8 Å². The average Bonchev–Trinajstić information content (AvgIpc) is 2.49. The molecule has 2 aromatic carbocycles. The summed E-state index contributed by atoms with van der Waals surface area (Å²) < 4.78 is 14.9. The Morgan fingerprint density at radius 1 is 0.667 bits per heavy atom. The SMILES string of the molecule is O=C(COCC(=O)Oc1ccccc1)Oc1ccccc1. The Morgan fingerprint density at radius 3 is 1.43 bits per heavy atom. The highest BCUT2D eigenvalue weighted by atomic mass is 16.6. The molecule has 2 rings (SSSR count). The maximum Gasteiger partial charge on any atom is 0.337 e. The van der Waals surface area contributed by atoms with Gasteiger partial charge in [-0.05, 0) is 24.3 Å². The Labute approximate surface area is 122 Å². The Kier molecular flexibility index (Phi) is 5.49. The lowest BCUT2D eigenvalue weighted by Gasteiger charge is -2.06. The summed E-state index contributed by atoms with van der Waals surface area (Å²) in [4.78, 5) is 22.9. The number of carbonyl (C=O) groups excluding carboxylic acids is 2. The lowest BCUT2D eigenvalue weighted by molar-refractivity contribution is -0.145. The summed E-state index contributed by atoms with van der Waals surface area (Å²) in [6.45, 7) is -0.641. The molecular weight excluding hydrogens is 272 g/mol. The van der Waals surface area contributed by atoms with Gasteiger partial charge in [0, 0.05) is 0 Å². The molecule has 0 atom stereocenters. The van der Waals surface area contributed by atoms with E-state index in [1.165, 1.54) is 0 Å². The molecule has 0 radical (unpaired) electrons. The van der Waals surface area contributed by atoms with Crippen LogP contribution in [0.4, 0.5) is 0 Å². The van der Waals surface area contributed by atoms with E-state index >= 15 is 0 Å². The van der Waals surface area contributed by atoms with Crippen LogP contribution in [-0.4, -0.2) is 25.2 Å². The number of benzene rings is 2. The lowest BCUT2D eigenvalue weighted by atomic mass is 10.3. The van der Waals surface area contributed by atoms with E-state index < -0.39 is 11.9 Å².